The van der Waals surface area contributed by atoms with Crippen molar-refractivity contribution in [3.05, 3.63) is 84.9 Å². The molecule has 0 aliphatic carbocycles. The van der Waals surface area contributed by atoms with Crippen molar-refractivity contribution in [2.24, 2.45) is 0 Å². The number of aromatic nitrogens is 1. The van der Waals surface area contributed by atoms with Crippen molar-refractivity contribution in [3.63, 3.8) is 0 Å². The van der Waals surface area contributed by atoms with E-state index in [4.69, 9.17) is 9.72 Å². The van der Waals surface area contributed by atoms with Gasteiger partial charge in [-0.15, -0.1) is 0 Å². The van der Waals surface area contributed by atoms with Crippen LogP contribution in [0.3, 0.4) is 0 Å². The summed E-state index contributed by atoms with van der Waals surface area (Å²) >= 11 is 0. The van der Waals surface area contributed by atoms with Gasteiger partial charge in [0.2, 0.25) is 0 Å². The first-order valence-corrected chi connectivity index (χ1v) is 7.95. The van der Waals surface area contributed by atoms with E-state index in [2.05, 4.69) is 48.5 Å². The first-order valence-electron chi connectivity index (χ1n) is 7.95. The fourth-order valence-electron chi connectivity index (χ4n) is 3.03. The molecule has 0 aliphatic rings. The second kappa shape index (κ2) is 6.17. The lowest BCUT2D eigenvalue weighted by molar-refractivity contribution is 0.416. The van der Waals surface area contributed by atoms with Crippen molar-refractivity contribution in [2.45, 2.75) is 0 Å². The van der Waals surface area contributed by atoms with E-state index in [0.29, 0.717) is 0 Å². The molecule has 4 rings (SSSR count). The first kappa shape index (κ1) is 14.5. The minimum absolute atomic E-state index is 0.833. The van der Waals surface area contributed by atoms with Gasteiger partial charge in [-0.25, -0.2) is 4.98 Å². The minimum Gasteiger partial charge on any atom is -0.496 e. The lowest BCUT2D eigenvalue weighted by Crippen LogP contribution is -1.92. The second-order valence-corrected chi connectivity index (χ2v) is 5.64. The predicted molar refractivity (Wildman–Crippen MR) is 99.2 cm³/mol. The van der Waals surface area contributed by atoms with E-state index in [0.717, 1.165) is 27.9 Å². The van der Waals surface area contributed by atoms with Crippen LogP contribution >= 0.6 is 0 Å². The van der Waals surface area contributed by atoms with Crippen molar-refractivity contribution >= 4 is 10.9 Å². The van der Waals surface area contributed by atoms with Crippen LogP contribution in [-0.4, -0.2) is 12.1 Å². The zero-order chi connectivity index (χ0) is 16.4. The SMILES string of the molecule is COc1ccccc1-c1cc(-c2ccccc2)c2ccccc2n1. The Labute approximate surface area is 141 Å². The molecule has 0 unspecified atom stereocenters. The van der Waals surface area contributed by atoms with E-state index in [9.17, 15) is 0 Å². The number of hydrogen-bond acceptors (Lipinski definition) is 2. The summed E-state index contributed by atoms with van der Waals surface area (Å²) in [5, 5.41) is 1.15. The Hall–Kier alpha value is -3.13. The van der Waals surface area contributed by atoms with Gasteiger partial charge in [-0.1, -0.05) is 60.7 Å². The lowest BCUT2D eigenvalue weighted by atomic mass is 9.98. The number of ether oxygens (including phenoxy) is 1. The summed E-state index contributed by atoms with van der Waals surface area (Å²) in [5.74, 6) is 0.833. The average molecular weight is 311 g/mol. The van der Waals surface area contributed by atoms with Gasteiger partial charge in [-0.05, 0) is 35.4 Å². The van der Waals surface area contributed by atoms with Crippen molar-refractivity contribution in [2.75, 3.05) is 7.11 Å². The standard InChI is InChI=1S/C22H17NO/c1-24-22-14-8-6-12-18(22)21-15-19(16-9-3-2-4-10-16)17-11-5-7-13-20(17)23-21/h2-15H,1H3. The molecule has 0 saturated carbocycles. The van der Waals surface area contributed by atoms with Gasteiger partial charge in [0.15, 0.2) is 0 Å². The highest BCUT2D eigenvalue weighted by molar-refractivity contribution is 5.97. The number of methoxy groups -OCH3 is 1. The van der Waals surface area contributed by atoms with Crippen LogP contribution in [0.25, 0.3) is 33.3 Å². The van der Waals surface area contributed by atoms with E-state index in [1.807, 2.05) is 36.4 Å². The number of pyridine rings is 1. The van der Waals surface area contributed by atoms with E-state index >= 15 is 0 Å². The molecule has 24 heavy (non-hydrogen) atoms. The molecule has 1 heterocycles. The molecule has 0 atom stereocenters. The third kappa shape index (κ3) is 2.52. The molecule has 0 N–H and O–H groups in total. The maximum absolute atomic E-state index is 5.52. The van der Waals surface area contributed by atoms with Crippen LogP contribution in [0.4, 0.5) is 0 Å². The Kier molecular flexibility index (Phi) is 3.72. The molecule has 0 bridgehead atoms. The normalized spacial score (nSPS) is 10.7. The van der Waals surface area contributed by atoms with Crippen LogP contribution in [0, 0.1) is 0 Å². The first-order chi connectivity index (χ1) is 11.9. The van der Waals surface area contributed by atoms with Crippen molar-refractivity contribution in [1.29, 1.82) is 0 Å². The largest absolute Gasteiger partial charge is 0.496 e. The Morgan fingerprint density at radius 1 is 0.708 bits per heavy atom. The van der Waals surface area contributed by atoms with Crippen LogP contribution in [0.1, 0.15) is 0 Å². The second-order valence-electron chi connectivity index (χ2n) is 5.64. The molecule has 0 fully saturated rings. The highest BCUT2D eigenvalue weighted by Crippen LogP contribution is 2.35. The van der Waals surface area contributed by atoms with Gasteiger partial charge in [-0.3, -0.25) is 0 Å². The fourth-order valence-corrected chi connectivity index (χ4v) is 3.03. The van der Waals surface area contributed by atoms with Crippen molar-refractivity contribution in [1.82, 2.24) is 4.98 Å². The van der Waals surface area contributed by atoms with Gasteiger partial charge in [0, 0.05) is 10.9 Å². The number of nitrogens with zero attached hydrogens (tertiary/aromatic N) is 1. The minimum atomic E-state index is 0.833. The summed E-state index contributed by atoms with van der Waals surface area (Å²) in [7, 11) is 1.69. The Morgan fingerprint density at radius 2 is 1.42 bits per heavy atom. The van der Waals surface area contributed by atoms with E-state index in [1.165, 1.54) is 11.1 Å². The molecular formula is C22H17NO. The Balaban J connectivity index is 2.02. The molecule has 1 aromatic heterocycles. The average Bonchev–Trinajstić information content (AvgIpc) is 2.67. The molecule has 116 valence electrons. The summed E-state index contributed by atoms with van der Waals surface area (Å²) in [6.07, 6.45) is 0. The molecule has 0 saturated heterocycles. The molecule has 0 aliphatic heterocycles. The van der Waals surface area contributed by atoms with Crippen LogP contribution in [0.2, 0.25) is 0 Å². The number of hydrogen-bond donors (Lipinski definition) is 0. The van der Waals surface area contributed by atoms with Crippen LogP contribution in [-0.2, 0) is 0 Å². The molecule has 2 nitrogen and oxygen atoms in total. The molecule has 3 aromatic carbocycles. The Bertz CT molecular complexity index is 993. The smallest absolute Gasteiger partial charge is 0.128 e. The van der Waals surface area contributed by atoms with E-state index in [-0.39, 0.29) is 0 Å². The van der Waals surface area contributed by atoms with Gasteiger partial charge >= 0.3 is 0 Å². The summed E-state index contributed by atoms with van der Waals surface area (Å²) in [4.78, 5) is 4.86. The summed E-state index contributed by atoms with van der Waals surface area (Å²) < 4.78 is 5.52. The van der Waals surface area contributed by atoms with Gasteiger partial charge in [-0.2, -0.15) is 0 Å². The molecule has 2 heteroatoms. The molecular weight excluding hydrogens is 294 g/mol. The van der Waals surface area contributed by atoms with Crippen LogP contribution < -0.4 is 4.74 Å². The summed E-state index contributed by atoms with van der Waals surface area (Å²) in [6.45, 7) is 0. The number of fused-ring (bicyclic) bond motifs is 1. The third-order valence-electron chi connectivity index (χ3n) is 4.18. The summed E-state index contributed by atoms with van der Waals surface area (Å²) in [6, 6.07) is 28.8. The van der Waals surface area contributed by atoms with Crippen LogP contribution in [0.5, 0.6) is 5.75 Å². The van der Waals surface area contributed by atoms with Gasteiger partial charge in [0.05, 0.1) is 18.3 Å². The summed E-state index contributed by atoms with van der Waals surface area (Å²) in [5.41, 5.74) is 5.28. The number of benzene rings is 3. The maximum Gasteiger partial charge on any atom is 0.128 e. The third-order valence-corrected chi connectivity index (χ3v) is 4.18. The van der Waals surface area contributed by atoms with E-state index in [1.54, 1.807) is 7.11 Å². The topological polar surface area (TPSA) is 22.1 Å². The van der Waals surface area contributed by atoms with Crippen LogP contribution in [0.15, 0.2) is 84.9 Å². The quantitative estimate of drug-likeness (QED) is 0.493. The Morgan fingerprint density at radius 3 is 2.25 bits per heavy atom. The van der Waals surface area contributed by atoms with Gasteiger partial charge in [0.1, 0.15) is 5.75 Å². The zero-order valence-corrected chi connectivity index (χ0v) is 13.4. The fraction of sp³-hybridized carbons (Fsp3) is 0.0455. The van der Waals surface area contributed by atoms with Gasteiger partial charge < -0.3 is 4.74 Å². The molecule has 0 amide bonds. The number of para-hydroxylation sites is 2. The highest BCUT2D eigenvalue weighted by atomic mass is 16.5. The molecule has 4 aromatic rings. The molecule has 0 radical (unpaired) electrons. The maximum atomic E-state index is 5.52. The lowest BCUT2D eigenvalue weighted by Gasteiger charge is -2.12. The number of rotatable bonds is 3. The van der Waals surface area contributed by atoms with Crippen molar-refractivity contribution in [3.8, 4) is 28.1 Å². The molecule has 0 spiro atoms. The van der Waals surface area contributed by atoms with Gasteiger partial charge in [0.25, 0.3) is 0 Å². The zero-order valence-electron chi connectivity index (χ0n) is 13.4. The monoisotopic (exact) mass is 311 g/mol. The van der Waals surface area contributed by atoms with Crippen molar-refractivity contribution < 1.29 is 4.74 Å². The van der Waals surface area contributed by atoms with E-state index < -0.39 is 0 Å². The highest BCUT2D eigenvalue weighted by Gasteiger charge is 2.11. The predicted octanol–water partition coefficient (Wildman–Crippen LogP) is 5.58.